The number of hydrogen-bond acceptors (Lipinski definition) is 11. The highest BCUT2D eigenvalue weighted by atomic mass is 32.2. The molecule has 1 heterocycles. The summed E-state index contributed by atoms with van der Waals surface area (Å²) in [5, 5.41) is 16.1. The van der Waals surface area contributed by atoms with E-state index in [0.717, 1.165) is 33.9 Å². The molecule has 18 heteroatoms. The minimum absolute atomic E-state index is 0.214. The molecule has 0 atom stereocenters. The van der Waals surface area contributed by atoms with Crippen molar-refractivity contribution in [3.05, 3.63) is 76.9 Å². The van der Waals surface area contributed by atoms with Crippen molar-refractivity contribution >= 4 is 56.1 Å². The third-order valence-electron chi connectivity index (χ3n) is 5.80. The van der Waals surface area contributed by atoms with Crippen LogP contribution >= 0.6 is 11.3 Å². The summed E-state index contributed by atoms with van der Waals surface area (Å²) in [5.41, 5.74) is -1.19. The molecule has 1 aromatic heterocycles. The summed E-state index contributed by atoms with van der Waals surface area (Å²) < 4.78 is 59.4. The highest BCUT2D eigenvalue weighted by Gasteiger charge is 2.32. The van der Waals surface area contributed by atoms with Gasteiger partial charge in [0.2, 0.25) is 0 Å². The first kappa shape index (κ1) is 38.2. The van der Waals surface area contributed by atoms with E-state index >= 15 is 4.39 Å². The van der Waals surface area contributed by atoms with Gasteiger partial charge in [0.1, 0.15) is 33.6 Å². The maximum atomic E-state index is 15.4. The van der Waals surface area contributed by atoms with Crippen LogP contribution in [0.2, 0.25) is 0 Å². The number of carbonyl (C=O) groups is 4. The summed E-state index contributed by atoms with van der Waals surface area (Å²) in [7, 11) is -3.16. The van der Waals surface area contributed by atoms with Crippen LogP contribution in [0.15, 0.2) is 64.8 Å². The molecule has 0 radical (unpaired) electrons. The maximum Gasteiger partial charge on any atom is 0.413 e. The molecule has 0 spiro atoms. The second-order valence-electron chi connectivity index (χ2n) is 12.1. The van der Waals surface area contributed by atoms with Gasteiger partial charge < -0.3 is 24.6 Å². The third kappa shape index (κ3) is 11.2. The van der Waals surface area contributed by atoms with Gasteiger partial charge in [0.05, 0.1) is 29.7 Å². The number of alkyl carbamates (subject to hydrolysis) is 2. The Bertz CT molecular complexity index is 1810. The number of halogens is 1. The Balaban J connectivity index is 1.92. The van der Waals surface area contributed by atoms with Gasteiger partial charge >= 0.3 is 18.2 Å². The van der Waals surface area contributed by atoms with E-state index in [-0.39, 0.29) is 11.5 Å². The molecule has 2 aromatic carbocycles. The van der Waals surface area contributed by atoms with Crippen molar-refractivity contribution in [1.82, 2.24) is 15.6 Å². The number of carboxylic acid groups (broad SMARTS) is 1. The summed E-state index contributed by atoms with van der Waals surface area (Å²) in [6.07, 6.45) is -1.31. The van der Waals surface area contributed by atoms with E-state index < -0.39 is 73.2 Å². The zero-order valence-electron chi connectivity index (χ0n) is 27.6. The molecule has 264 valence electrons. The zero-order chi connectivity index (χ0) is 36.7. The predicted molar refractivity (Wildman–Crippen MR) is 177 cm³/mol. The number of carbonyl (C=O) groups excluding carboxylic acids is 3. The van der Waals surface area contributed by atoms with Gasteiger partial charge in [-0.1, -0.05) is 12.1 Å². The highest BCUT2D eigenvalue weighted by Crippen LogP contribution is 2.33. The van der Waals surface area contributed by atoms with Crippen molar-refractivity contribution in [3.63, 3.8) is 0 Å². The lowest BCUT2D eigenvalue weighted by molar-refractivity contribution is -0.112. The quantitative estimate of drug-likeness (QED) is 0.189. The van der Waals surface area contributed by atoms with E-state index in [2.05, 4.69) is 20.9 Å². The van der Waals surface area contributed by atoms with Crippen LogP contribution in [-0.2, 0) is 30.8 Å². The number of hydrogen-bond donors (Lipinski definition) is 4. The zero-order valence-corrected chi connectivity index (χ0v) is 29.2. The fourth-order valence-electron chi connectivity index (χ4n) is 3.84. The summed E-state index contributed by atoms with van der Waals surface area (Å²) in [6.45, 7) is 9.23. The van der Waals surface area contributed by atoms with E-state index in [4.69, 9.17) is 14.2 Å². The first-order valence-electron chi connectivity index (χ1n) is 14.3. The largest absolute Gasteiger partial charge is 0.497 e. The van der Waals surface area contributed by atoms with Crippen LogP contribution < -0.4 is 25.0 Å². The topological polar surface area (TPSA) is 203 Å². The molecule has 4 N–H and O–H groups in total. The van der Waals surface area contributed by atoms with Gasteiger partial charge in [0.25, 0.3) is 15.9 Å². The van der Waals surface area contributed by atoms with Gasteiger partial charge in [0.15, 0.2) is 5.69 Å². The number of benzene rings is 2. The average molecular weight is 722 g/mol. The van der Waals surface area contributed by atoms with E-state index in [1.54, 1.807) is 65.8 Å². The summed E-state index contributed by atoms with van der Waals surface area (Å²) in [5.74, 6) is -3.63. The molecule has 0 fully saturated rings. The molecule has 3 amide bonds. The number of methoxy groups -OCH3 is 1. The van der Waals surface area contributed by atoms with Gasteiger partial charge in [0, 0.05) is 6.08 Å². The minimum Gasteiger partial charge on any atom is -0.497 e. The molecule has 0 aliphatic carbocycles. The van der Waals surface area contributed by atoms with Crippen molar-refractivity contribution < 1.29 is 51.3 Å². The number of aromatic carboxylic acids is 1. The number of rotatable bonds is 11. The first-order chi connectivity index (χ1) is 22.7. The van der Waals surface area contributed by atoms with Gasteiger partial charge in [-0.2, -0.15) is 0 Å². The van der Waals surface area contributed by atoms with Crippen molar-refractivity contribution in [1.29, 1.82) is 0 Å². The summed E-state index contributed by atoms with van der Waals surface area (Å²) >= 11 is 0.765. The maximum absolute atomic E-state index is 15.4. The fraction of sp³-hybridized carbons (Fsp3) is 0.323. The SMILES string of the molecule is COc1ccc(CN(c2scnc2C(=O)O)S(=O)(=O)c2ccc(NC(=O)C=C(NC(=O)OC(C)(C)C)NC(=O)OC(C)(C)C)c(F)c2)cc1. The number of aromatic nitrogens is 1. The van der Waals surface area contributed by atoms with Crippen LogP contribution in [0.25, 0.3) is 0 Å². The van der Waals surface area contributed by atoms with Crippen LogP contribution in [0, 0.1) is 5.82 Å². The molecule has 0 unspecified atom stereocenters. The van der Waals surface area contributed by atoms with Crippen LogP contribution in [-0.4, -0.2) is 60.9 Å². The van der Waals surface area contributed by atoms with Crippen molar-refractivity contribution in [2.45, 2.75) is 64.2 Å². The lowest BCUT2D eigenvalue weighted by atomic mass is 10.2. The second kappa shape index (κ2) is 15.3. The smallest absolute Gasteiger partial charge is 0.413 e. The molecule has 0 saturated carbocycles. The molecule has 0 saturated heterocycles. The Morgan fingerprint density at radius 3 is 2.02 bits per heavy atom. The number of nitrogens with zero attached hydrogens (tertiary/aromatic N) is 2. The number of nitrogens with one attached hydrogen (secondary N) is 3. The Labute approximate surface area is 286 Å². The Kier molecular flexibility index (Phi) is 12.0. The van der Waals surface area contributed by atoms with Crippen molar-refractivity contribution in [2.24, 2.45) is 0 Å². The lowest BCUT2D eigenvalue weighted by Crippen LogP contribution is -2.41. The molecular formula is C31H36FN5O10S2. The Hall–Kier alpha value is -5.23. The van der Waals surface area contributed by atoms with Crippen molar-refractivity contribution in [3.8, 4) is 5.75 Å². The van der Waals surface area contributed by atoms with Crippen LogP contribution in [0.4, 0.5) is 24.7 Å². The molecular weight excluding hydrogens is 685 g/mol. The Morgan fingerprint density at radius 2 is 1.53 bits per heavy atom. The van der Waals surface area contributed by atoms with E-state index in [9.17, 15) is 32.7 Å². The van der Waals surface area contributed by atoms with Gasteiger partial charge in [-0.05, 0) is 77.4 Å². The van der Waals surface area contributed by atoms with Gasteiger partial charge in [-0.3, -0.25) is 19.7 Å². The van der Waals surface area contributed by atoms with E-state index in [1.807, 2.05) is 0 Å². The number of carboxylic acids is 1. The normalized spacial score (nSPS) is 11.5. The molecule has 15 nitrogen and oxygen atoms in total. The van der Waals surface area contributed by atoms with E-state index in [1.165, 1.54) is 12.6 Å². The van der Waals surface area contributed by atoms with Crippen LogP contribution in [0.1, 0.15) is 57.6 Å². The fourth-order valence-corrected chi connectivity index (χ4v) is 6.33. The average Bonchev–Trinajstić information content (AvgIpc) is 3.45. The number of ether oxygens (including phenoxy) is 3. The molecule has 49 heavy (non-hydrogen) atoms. The second-order valence-corrected chi connectivity index (χ2v) is 14.8. The lowest BCUT2D eigenvalue weighted by Gasteiger charge is -2.24. The third-order valence-corrected chi connectivity index (χ3v) is 8.50. The minimum atomic E-state index is -4.62. The van der Waals surface area contributed by atoms with Crippen molar-refractivity contribution in [2.75, 3.05) is 16.7 Å². The Morgan fingerprint density at radius 1 is 0.959 bits per heavy atom. The first-order valence-corrected chi connectivity index (χ1v) is 16.6. The van der Waals surface area contributed by atoms with Crippen LogP contribution in [0.3, 0.4) is 0 Å². The molecule has 0 aliphatic heterocycles. The molecule has 0 aliphatic rings. The highest BCUT2D eigenvalue weighted by molar-refractivity contribution is 7.93. The summed E-state index contributed by atoms with van der Waals surface area (Å²) in [4.78, 5) is 52.6. The number of sulfonamides is 1. The van der Waals surface area contributed by atoms with Crippen LogP contribution in [0.5, 0.6) is 5.75 Å². The number of anilines is 2. The van der Waals surface area contributed by atoms with Gasteiger partial charge in [-0.25, -0.2) is 32.2 Å². The number of thiazole rings is 1. The molecule has 0 bridgehead atoms. The summed E-state index contributed by atoms with van der Waals surface area (Å²) in [6, 6.07) is 8.99. The number of amides is 3. The molecule has 3 aromatic rings. The van der Waals surface area contributed by atoms with E-state index in [0.29, 0.717) is 17.4 Å². The van der Waals surface area contributed by atoms with Gasteiger partial charge in [-0.15, -0.1) is 11.3 Å². The standard InChI is InChI=1S/C31H36FN5O10S2/c1-30(2,3)46-28(41)35-23(36-29(42)47-31(4,5)6)15-24(38)34-22-13-12-20(14-21(22)32)49(43,44)37(26-25(27(39)40)33-17-48-26)16-18-8-10-19(45-7)11-9-18/h8-15,17H,16H2,1-7H3,(H,34,38)(H,35,41)(H,36,42)(H,39,40). The predicted octanol–water partition coefficient (Wildman–Crippen LogP) is 5.21. The monoisotopic (exact) mass is 721 g/mol. The molecule has 3 rings (SSSR count).